The third-order valence-electron chi connectivity index (χ3n) is 1.24. The molecule has 0 aliphatic carbocycles. The van der Waals surface area contributed by atoms with Crippen LogP contribution in [-0.4, -0.2) is 5.11 Å². The monoisotopic (exact) mass is 238 g/mol. The molecule has 0 aliphatic rings. The highest BCUT2D eigenvalue weighted by molar-refractivity contribution is 9.10. The predicted molar refractivity (Wildman–Crippen MR) is 45.3 cm³/mol. The molecule has 60 valence electrons. The second-order valence-electron chi connectivity index (χ2n) is 2.03. The number of phenols is 1. The van der Waals surface area contributed by atoms with Crippen LogP contribution >= 0.6 is 27.5 Å². The molecule has 1 N–H and O–H groups in total. The van der Waals surface area contributed by atoms with Crippen molar-refractivity contribution in [2.75, 3.05) is 0 Å². The second kappa shape index (κ2) is 3.41. The Morgan fingerprint density at radius 3 is 2.73 bits per heavy atom. The average molecular weight is 239 g/mol. The van der Waals surface area contributed by atoms with Crippen molar-refractivity contribution in [2.24, 2.45) is 0 Å². The van der Waals surface area contributed by atoms with Gasteiger partial charge in [0.25, 0.3) is 0 Å². The summed E-state index contributed by atoms with van der Waals surface area (Å²) in [6.07, 6.45) is 0. The van der Waals surface area contributed by atoms with E-state index in [2.05, 4.69) is 15.9 Å². The van der Waals surface area contributed by atoms with Gasteiger partial charge in [0.15, 0.2) is 11.6 Å². The van der Waals surface area contributed by atoms with Gasteiger partial charge in [-0.15, -0.1) is 11.6 Å². The fraction of sp³-hybridized carbons (Fsp3) is 0.143. The number of hydrogen-bond acceptors (Lipinski definition) is 1. The Hall–Kier alpha value is -0.280. The SMILES string of the molecule is Oc1cc(Br)cc(CCl)c1F. The molecule has 0 saturated carbocycles. The summed E-state index contributed by atoms with van der Waals surface area (Å²) in [6, 6.07) is 2.81. The minimum absolute atomic E-state index is 0.0544. The van der Waals surface area contributed by atoms with Gasteiger partial charge >= 0.3 is 0 Å². The van der Waals surface area contributed by atoms with Crippen LogP contribution < -0.4 is 0 Å². The standard InChI is InChI=1S/C7H5BrClFO/c8-5-1-4(3-9)7(10)6(11)2-5/h1-2,11H,3H2. The molecule has 0 fully saturated rings. The van der Waals surface area contributed by atoms with Crippen molar-refractivity contribution in [1.29, 1.82) is 0 Å². The first kappa shape index (κ1) is 8.81. The molecule has 0 amide bonds. The zero-order valence-corrected chi connectivity index (χ0v) is 7.78. The van der Waals surface area contributed by atoms with Gasteiger partial charge < -0.3 is 5.11 Å². The summed E-state index contributed by atoms with van der Waals surface area (Å²) in [5.74, 6) is -0.975. The summed E-state index contributed by atoms with van der Waals surface area (Å²) >= 11 is 8.51. The van der Waals surface area contributed by atoms with Crippen LogP contribution in [0.15, 0.2) is 16.6 Å². The van der Waals surface area contributed by atoms with Gasteiger partial charge in [0.2, 0.25) is 0 Å². The molecule has 0 bridgehead atoms. The quantitative estimate of drug-likeness (QED) is 0.747. The largest absolute Gasteiger partial charge is 0.505 e. The van der Waals surface area contributed by atoms with E-state index in [1.807, 2.05) is 0 Å². The molecule has 1 aromatic carbocycles. The van der Waals surface area contributed by atoms with Crippen LogP contribution in [0.2, 0.25) is 0 Å². The van der Waals surface area contributed by atoms with E-state index in [0.717, 1.165) is 0 Å². The van der Waals surface area contributed by atoms with Gasteiger partial charge in [-0.25, -0.2) is 4.39 Å². The highest BCUT2D eigenvalue weighted by atomic mass is 79.9. The molecule has 1 rings (SSSR count). The van der Waals surface area contributed by atoms with E-state index in [0.29, 0.717) is 10.0 Å². The minimum Gasteiger partial charge on any atom is -0.505 e. The Balaban J connectivity index is 3.24. The summed E-state index contributed by atoms with van der Waals surface area (Å²) in [7, 11) is 0. The van der Waals surface area contributed by atoms with E-state index in [9.17, 15) is 4.39 Å². The van der Waals surface area contributed by atoms with Gasteiger partial charge in [-0.2, -0.15) is 0 Å². The van der Waals surface area contributed by atoms with Gasteiger partial charge in [0.05, 0.1) is 5.88 Å². The molecule has 0 saturated heterocycles. The van der Waals surface area contributed by atoms with Crippen LogP contribution in [0.5, 0.6) is 5.75 Å². The van der Waals surface area contributed by atoms with Crippen molar-refractivity contribution in [3.8, 4) is 5.75 Å². The Kier molecular flexibility index (Phi) is 2.73. The first-order chi connectivity index (χ1) is 5.15. The number of alkyl halides is 1. The van der Waals surface area contributed by atoms with Crippen molar-refractivity contribution in [3.63, 3.8) is 0 Å². The summed E-state index contributed by atoms with van der Waals surface area (Å²) in [4.78, 5) is 0. The Morgan fingerprint density at radius 1 is 1.55 bits per heavy atom. The number of rotatable bonds is 1. The Morgan fingerprint density at radius 2 is 2.18 bits per heavy atom. The van der Waals surface area contributed by atoms with Crippen molar-refractivity contribution in [2.45, 2.75) is 5.88 Å². The molecular weight excluding hydrogens is 234 g/mol. The maximum atomic E-state index is 12.8. The lowest BCUT2D eigenvalue weighted by Crippen LogP contribution is -1.86. The highest BCUT2D eigenvalue weighted by Crippen LogP contribution is 2.25. The number of phenolic OH excluding ortho intramolecular Hbond substituents is 1. The molecule has 11 heavy (non-hydrogen) atoms. The summed E-state index contributed by atoms with van der Waals surface area (Å²) in [5.41, 5.74) is 0.290. The van der Waals surface area contributed by atoms with Crippen LogP contribution in [0, 0.1) is 5.82 Å². The average Bonchev–Trinajstić information content (AvgIpc) is 1.96. The normalized spacial score (nSPS) is 10.1. The second-order valence-corrected chi connectivity index (χ2v) is 3.21. The summed E-state index contributed by atoms with van der Waals surface area (Å²) < 4.78 is 13.4. The van der Waals surface area contributed by atoms with Gasteiger partial charge in [0, 0.05) is 10.0 Å². The van der Waals surface area contributed by atoms with Crippen LogP contribution in [0.25, 0.3) is 0 Å². The summed E-state index contributed by atoms with van der Waals surface area (Å²) in [6.45, 7) is 0. The Labute approximate surface area is 76.9 Å². The first-order valence-electron chi connectivity index (χ1n) is 2.88. The maximum absolute atomic E-state index is 12.8. The topological polar surface area (TPSA) is 20.2 Å². The van der Waals surface area contributed by atoms with Crippen LogP contribution in [0.1, 0.15) is 5.56 Å². The van der Waals surface area contributed by atoms with E-state index in [1.54, 1.807) is 0 Å². The molecule has 0 atom stereocenters. The first-order valence-corrected chi connectivity index (χ1v) is 4.20. The number of hydrogen-bond donors (Lipinski definition) is 1. The Bertz CT molecular complexity index is 277. The lowest BCUT2D eigenvalue weighted by Gasteiger charge is -2.01. The van der Waals surface area contributed by atoms with Crippen LogP contribution in [-0.2, 0) is 5.88 Å². The van der Waals surface area contributed by atoms with Gasteiger partial charge in [-0.05, 0) is 12.1 Å². The zero-order valence-electron chi connectivity index (χ0n) is 5.44. The smallest absolute Gasteiger partial charge is 0.169 e. The third-order valence-corrected chi connectivity index (χ3v) is 1.98. The molecule has 1 aromatic rings. The van der Waals surface area contributed by atoms with Gasteiger partial charge in [0.1, 0.15) is 0 Å². The molecule has 0 radical (unpaired) electrons. The number of benzene rings is 1. The third kappa shape index (κ3) is 1.84. The molecule has 0 aromatic heterocycles. The lowest BCUT2D eigenvalue weighted by molar-refractivity contribution is 0.429. The van der Waals surface area contributed by atoms with E-state index < -0.39 is 5.82 Å². The van der Waals surface area contributed by atoms with Gasteiger partial charge in [-0.1, -0.05) is 15.9 Å². The van der Waals surface area contributed by atoms with Crippen molar-refractivity contribution < 1.29 is 9.50 Å². The van der Waals surface area contributed by atoms with Crippen molar-refractivity contribution >= 4 is 27.5 Å². The number of aromatic hydroxyl groups is 1. The molecule has 0 aliphatic heterocycles. The van der Waals surface area contributed by atoms with E-state index in [1.165, 1.54) is 12.1 Å². The fourth-order valence-electron chi connectivity index (χ4n) is 0.727. The van der Waals surface area contributed by atoms with Gasteiger partial charge in [-0.3, -0.25) is 0 Å². The fourth-order valence-corrected chi connectivity index (χ4v) is 1.41. The molecule has 0 unspecified atom stereocenters. The van der Waals surface area contributed by atoms with Crippen molar-refractivity contribution in [3.05, 3.63) is 28.0 Å². The summed E-state index contributed by atoms with van der Waals surface area (Å²) in [5, 5.41) is 8.95. The zero-order chi connectivity index (χ0) is 8.43. The van der Waals surface area contributed by atoms with E-state index >= 15 is 0 Å². The molecule has 0 spiro atoms. The van der Waals surface area contributed by atoms with E-state index in [4.69, 9.17) is 16.7 Å². The number of halogens is 3. The minimum atomic E-state index is -0.650. The predicted octanol–water partition coefficient (Wildman–Crippen LogP) is 3.03. The molecular formula is C7H5BrClFO. The van der Waals surface area contributed by atoms with Crippen molar-refractivity contribution in [1.82, 2.24) is 0 Å². The molecule has 0 heterocycles. The van der Waals surface area contributed by atoms with Crippen LogP contribution in [0.3, 0.4) is 0 Å². The molecule has 1 nitrogen and oxygen atoms in total. The van der Waals surface area contributed by atoms with Crippen LogP contribution in [0.4, 0.5) is 4.39 Å². The maximum Gasteiger partial charge on any atom is 0.169 e. The van der Waals surface area contributed by atoms with E-state index in [-0.39, 0.29) is 11.6 Å². The molecule has 4 heteroatoms. The highest BCUT2D eigenvalue weighted by Gasteiger charge is 2.07. The lowest BCUT2D eigenvalue weighted by atomic mass is 10.2.